The molecule has 0 unspecified atom stereocenters. The number of aryl methyl sites for hydroxylation is 2. The van der Waals surface area contributed by atoms with E-state index in [4.69, 9.17) is 4.74 Å². The second-order valence-corrected chi connectivity index (χ2v) is 12.6. The fraction of sp³-hybridized carbons (Fsp3) is 0.235. The molecule has 1 N–H and O–H groups in total. The molecule has 0 saturated heterocycles. The molecule has 0 spiro atoms. The third kappa shape index (κ3) is 7.31. The summed E-state index contributed by atoms with van der Waals surface area (Å²) in [5.41, 5.74) is 4.32. The molecule has 8 nitrogen and oxygen atoms in total. The van der Waals surface area contributed by atoms with Gasteiger partial charge < -0.3 is 15.0 Å². The fourth-order valence-corrected chi connectivity index (χ4v) is 6.29. The number of ether oxygens (including phenoxy) is 1. The Hall–Kier alpha value is -4.47. The Balaban J connectivity index is 1.37. The summed E-state index contributed by atoms with van der Waals surface area (Å²) in [6.45, 7) is 3.80. The van der Waals surface area contributed by atoms with E-state index in [-0.39, 0.29) is 23.9 Å². The Labute approximate surface area is 253 Å². The van der Waals surface area contributed by atoms with Crippen LogP contribution in [0, 0.1) is 13.8 Å². The number of amides is 2. The summed E-state index contributed by atoms with van der Waals surface area (Å²) in [5.74, 6) is -0.413. The largest absolute Gasteiger partial charge is 0.477 e. The van der Waals surface area contributed by atoms with Crippen LogP contribution < -0.4 is 15.0 Å². The maximum Gasteiger partial charge on any atom is 0.262 e. The number of rotatable bonds is 10. The highest BCUT2D eigenvalue weighted by atomic mass is 32.2. The molecule has 0 radical (unpaired) electrons. The van der Waals surface area contributed by atoms with Gasteiger partial charge in [-0.3, -0.25) is 9.59 Å². The first-order valence-corrected chi connectivity index (χ1v) is 15.6. The molecule has 0 saturated carbocycles. The molecule has 43 heavy (non-hydrogen) atoms. The summed E-state index contributed by atoms with van der Waals surface area (Å²) < 4.78 is 34.9. The molecule has 1 aliphatic heterocycles. The molecule has 0 bridgehead atoms. The molecule has 0 fully saturated rings. The minimum absolute atomic E-state index is 0.0115. The van der Waals surface area contributed by atoms with Crippen molar-refractivity contribution in [3.05, 3.63) is 125 Å². The average Bonchev–Trinajstić information content (AvgIpc) is 3.01. The molecule has 4 aromatic carbocycles. The number of nitrogens with one attached hydrogen (secondary N) is 1. The van der Waals surface area contributed by atoms with Gasteiger partial charge in [-0.1, -0.05) is 90.0 Å². The van der Waals surface area contributed by atoms with E-state index in [9.17, 15) is 18.0 Å². The van der Waals surface area contributed by atoms with Crippen LogP contribution in [0.3, 0.4) is 0 Å². The van der Waals surface area contributed by atoms with Gasteiger partial charge in [0.05, 0.1) is 23.7 Å². The van der Waals surface area contributed by atoms with Gasteiger partial charge >= 0.3 is 0 Å². The summed E-state index contributed by atoms with van der Waals surface area (Å²) >= 11 is 0. The van der Waals surface area contributed by atoms with Crippen molar-refractivity contribution in [3.63, 3.8) is 0 Å². The quantitative estimate of drug-likeness (QED) is 0.287. The van der Waals surface area contributed by atoms with Gasteiger partial charge in [0.15, 0.2) is 6.10 Å². The zero-order valence-corrected chi connectivity index (χ0v) is 25.1. The maximum absolute atomic E-state index is 13.9. The van der Waals surface area contributed by atoms with Gasteiger partial charge in [-0.2, -0.15) is 4.31 Å². The molecule has 222 valence electrons. The van der Waals surface area contributed by atoms with E-state index >= 15 is 0 Å². The van der Waals surface area contributed by atoms with Gasteiger partial charge in [-0.05, 0) is 55.7 Å². The summed E-state index contributed by atoms with van der Waals surface area (Å²) in [6, 6.07) is 30.9. The fourth-order valence-electron chi connectivity index (χ4n) is 4.91. The number of para-hydroxylation sites is 2. The molecule has 9 heteroatoms. The van der Waals surface area contributed by atoms with Gasteiger partial charge in [0.25, 0.3) is 5.91 Å². The van der Waals surface area contributed by atoms with Crippen molar-refractivity contribution in [2.45, 2.75) is 37.8 Å². The van der Waals surface area contributed by atoms with Crippen LogP contribution in [0.5, 0.6) is 5.75 Å². The minimum Gasteiger partial charge on any atom is -0.477 e. The summed E-state index contributed by atoms with van der Waals surface area (Å²) in [6.07, 6.45) is -0.294. The number of hydrogen-bond acceptors (Lipinski definition) is 5. The second-order valence-electron chi connectivity index (χ2n) is 10.7. The van der Waals surface area contributed by atoms with Gasteiger partial charge in [-0.15, -0.1) is 0 Å². The van der Waals surface area contributed by atoms with Crippen LogP contribution >= 0.6 is 0 Å². The van der Waals surface area contributed by atoms with Gasteiger partial charge in [0.1, 0.15) is 5.75 Å². The molecule has 1 aliphatic rings. The molecular weight excluding hydrogens is 562 g/mol. The molecule has 2 amide bonds. The first-order valence-electron chi connectivity index (χ1n) is 14.2. The number of carbonyl (C=O) groups is 2. The van der Waals surface area contributed by atoms with Crippen molar-refractivity contribution >= 4 is 27.5 Å². The lowest BCUT2D eigenvalue weighted by Gasteiger charge is -2.35. The van der Waals surface area contributed by atoms with Crippen LogP contribution in [-0.2, 0) is 32.6 Å². The molecule has 0 aromatic heterocycles. The first-order chi connectivity index (χ1) is 20.7. The lowest BCUT2D eigenvalue weighted by atomic mass is 10.1. The molecule has 1 heterocycles. The zero-order chi connectivity index (χ0) is 30.4. The predicted octanol–water partition coefficient (Wildman–Crippen LogP) is 4.65. The monoisotopic (exact) mass is 597 g/mol. The highest BCUT2D eigenvalue weighted by Gasteiger charge is 2.36. The molecule has 1 atom stereocenters. The van der Waals surface area contributed by atoms with E-state index in [1.54, 1.807) is 48.5 Å². The van der Waals surface area contributed by atoms with Crippen molar-refractivity contribution in [1.29, 1.82) is 0 Å². The zero-order valence-electron chi connectivity index (χ0n) is 24.3. The SMILES string of the molecule is Cc1ccc(CN(CC(=O)N2C[C@H](C(=O)NCCc3ccccc3)Oc3ccccc32)S(=O)(=O)c2ccc(C)cc2)cc1. The van der Waals surface area contributed by atoms with E-state index in [0.29, 0.717) is 24.4 Å². The van der Waals surface area contributed by atoms with Crippen molar-refractivity contribution in [2.75, 3.05) is 24.5 Å². The Bertz CT molecular complexity index is 1670. The molecular formula is C34H35N3O5S. The topological polar surface area (TPSA) is 96.0 Å². The van der Waals surface area contributed by atoms with E-state index < -0.39 is 28.6 Å². The van der Waals surface area contributed by atoms with Crippen LogP contribution in [0.15, 0.2) is 108 Å². The Morgan fingerprint density at radius 1 is 0.837 bits per heavy atom. The number of nitrogens with zero attached hydrogens (tertiary/aromatic N) is 2. The van der Waals surface area contributed by atoms with Gasteiger partial charge in [0, 0.05) is 13.1 Å². The molecule has 5 rings (SSSR count). The van der Waals surface area contributed by atoms with Crippen molar-refractivity contribution in [3.8, 4) is 5.75 Å². The smallest absolute Gasteiger partial charge is 0.262 e. The van der Waals surface area contributed by atoms with E-state index in [1.165, 1.54) is 9.21 Å². The number of sulfonamides is 1. The van der Waals surface area contributed by atoms with Crippen molar-refractivity contribution in [2.24, 2.45) is 0 Å². The number of fused-ring (bicyclic) bond motifs is 1. The summed E-state index contributed by atoms with van der Waals surface area (Å²) in [5, 5.41) is 2.91. The van der Waals surface area contributed by atoms with E-state index in [1.807, 2.05) is 68.4 Å². The third-order valence-corrected chi connectivity index (χ3v) is 9.18. The van der Waals surface area contributed by atoms with Crippen molar-refractivity contribution < 1.29 is 22.7 Å². The molecule has 4 aromatic rings. The lowest BCUT2D eigenvalue weighted by molar-refractivity contribution is -0.128. The molecule has 0 aliphatic carbocycles. The highest BCUT2D eigenvalue weighted by Crippen LogP contribution is 2.33. The summed E-state index contributed by atoms with van der Waals surface area (Å²) in [7, 11) is -4.03. The second kappa shape index (κ2) is 13.2. The van der Waals surface area contributed by atoms with Crippen LogP contribution in [0.25, 0.3) is 0 Å². The van der Waals surface area contributed by atoms with E-state index in [2.05, 4.69) is 5.32 Å². The Kier molecular flexibility index (Phi) is 9.23. The maximum atomic E-state index is 13.9. The van der Waals surface area contributed by atoms with Gasteiger partial charge in [-0.25, -0.2) is 8.42 Å². The lowest BCUT2D eigenvalue weighted by Crippen LogP contribution is -2.53. The summed E-state index contributed by atoms with van der Waals surface area (Å²) in [4.78, 5) is 28.7. The van der Waals surface area contributed by atoms with Crippen LogP contribution in [0.1, 0.15) is 22.3 Å². The predicted molar refractivity (Wildman–Crippen MR) is 166 cm³/mol. The normalized spacial score (nSPS) is 14.6. The highest BCUT2D eigenvalue weighted by molar-refractivity contribution is 7.89. The van der Waals surface area contributed by atoms with Gasteiger partial charge in [0.2, 0.25) is 15.9 Å². The van der Waals surface area contributed by atoms with Crippen LogP contribution in [0.4, 0.5) is 5.69 Å². The average molecular weight is 598 g/mol. The van der Waals surface area contributed by atoms with Crippen molar-refractivity contribution in [1.82, 2.24) is 9.62 Å². The van der Waals surface area contributed by atoms with Crippen LogP contribution in [-0.4, -0.2) is 50.3 Å². The number of carbonyl (C=O) groups excluding carboxylic acids is 2. The van der Waals surface area contributed by atoms with E-state index in [0.717, 1.165) is 22.3 Å². The Morgan fingerprint density at radius 3 is 2.16 bits per heavy atom. The number of anilines is 1. The standard InChI is InChI=1S/C34H35N3O5S/c1-25-12-16-28(17-13-25)22-36(43(40,41)29-18-14-26(2)15-19-29)24-33(38)37-23-32(42-31-11-7-6-10-30(31)37)34(39)35-21-20-27-8-4-3-5-9-27/h3-19,32H,20-24H2,1-2H3,(H,35,39)/t32-/m1/s1. The third-order valence-electron chi connectivity index (χ3n) is 7.37. The van der Waals surface area contributed by atoms with Crippen LogP contribution in [0.2, 0.25) is 0 Å². The number of hydrogen-bond donors (Lipinski definition) is 1. The first kappa shape index (κ1) is 30.0. The minimum atomic E-state index is -4.03. The Morgan fingerprint density at radius 2 is 1.47 bits per heavy atom. The number of benzene rings is 4.